The van der Waals surface area contributed by atoms with Crippen molar-refractivity contribution in [3.63, 3.8) is 0 Å². The van der Waals surface area contributed by atoms with Crippen LogP contribution in [-0.4, -0.2) is 11.5 Å². The van der Waals surface area contributed by atoms with Crippen molar-refractivity contribution in [3.05, 3.63) is 246 Å². The van der Waals surface area contributed by atoms with Crippen molar-refractivity contribution in [3.8, 4) is 22.3 Å². The fourth-order valence-electron chi connectivity index (χ4n) is 11.5. The lowest BCUT2D eigenvalue weighted by molar-refractivity contribution is 0.665. The van der Waals surface area contributed by atoms with Gasteiger partial charge >= 0.3 is 0 Å². The van der Waals surface area contributed by atoms with E-state index >= 15 is 0 Å². The molecule has 1 aliphatic heterocycles. The van der Waals surface area contributed by atoms with Gasteiger partial charge in [0.2, 0.25) is 0 Å². The molecule has 14 rings (SSSR count). The topological polar surface area (TPSA) is 37.9 Å². The summed E-state index contributed by atoms with van der Waals surface area (Å²) in [5.74, 6) is 0.836. The highest BCUT2D eigenvalue weighted by Crippen LogP contribution is 2.48. The first-order chi connectivity index (χ1) is 34.6. The van der Waals surface area contributed by atoms with E-state index < -0.39 is 0 Å². The van der Waals surface area contributed by atoms with E-state index in [9.17, 15) is 0 Å². The maximum absolute atomic E-state index is 6.94. The van der Waals surface area contributed by atoms with E-state index in [0.717, 1.165) is 69.3 Å². The highest BCUT2D eigenvalue weighted by molar-refractivity contribution is 7.25. The van der Waals surface area contributed by atoms with Gasteiger partial charge in [-0.1, -0.05) is 171 Å². The minimum atomic E-state index is 0.0425. The third-order valence-electron chi connectivity index (χ3n) is 15.0. The van der Waals surface area contributed by atoms with E-state index in [1.165, 1.54) is 80.7 Å². The van der Waals surface area contributed by atoms with Crippen molar-refractivity contribution in [1.29, 1.82) is 0 Å². The van der Waals surface area contributed by atoms with Crippen molar-refractivity contribution in [1.82, 2.24) is 0 Å². The zero-order valence-electron chi connectivity index (χ0n) is 38.7. The second-order valence-electron chi connectivity index (χ2n) is 19.1. The largest absolute Gasteiger partial charge is 0.456 e. The van der Waals surface area contributed by atoms with Crippen molar-refractivity contribution in [2.24, 2.45) is 15.9 Å². The molecule has 3 heterocycles. The number of hydrogen-bond acceptors (Lipinski definition) is 4. The zero-order valence-corrected chi connectivity index (χ0v) is 39.5. The van der Waals surface area contributed by atoms with E-state index in [2.05, 4.69) is 219 Å². The maximum Gasteiger partial charge on any atom is 0.160 e. The van der Waals surface area contributed by atoms with Crippen LogP contribution < -0.4 is 0 Å². The fraction of sp³-hybridized carbons (Fsp3) is 0.0909. The second kappa shape index (κ2) is 16.5. The number of aryl methyl sites for hydroxylation is 1. The molecule has 0 saturated heterocycles. The molecule has 3 nitrogen and oxygen atoms in total. The van der Waals surface area contributed by atoms with Crippen LogP contribution >= 0.6 is 11.3 Å². The van der Waals surface area contributed by atoms with Crippen LogP contribution in [0.2, 0.25) is 0 Å². The standard InChI is InChI=1S/C66H46N2OS/c1-40-23-33-58(44-26-24-42(25-27-44)41-13-3-2-4-14-41)67-66(48-30-34-62-56(37-48)52-19-10-12-22-61(52)70-62)68-65(40)57-38-49(39-60-64(57)54-20-9-11-21-59(54)69-60)51-31-29-47-35-45-16-5-6-17-46(45)36-55(47)53-32-28-43-15-7-8-18-50(43)63(51)53/h2-22,24-28,30,32-40,51H,23,29,31H2,1H3/b58-33+,67-66-,68-65+. The molecule has 0 amide bonds. The van der Waals surface area contributed by atoms with Gasteiger partial charge < -0.3 is 4.42 Å². The van der Waals surface area contributed by atoms with Gasteiger partial charge in [-0.25, -0.2) is 9.98 Å². The Morgan fingerprint density at radius 1 is 0.486 bits per heavy atom. The molecule has 2 unspecified atom stereocenters. The molecule has 0 saturated carbocycles. The van der Waals surface area contributed by atoms with Gasteiger partial charge in [0.15, 0.2) is 5.84 Å². The van der Waals surface area contributed by atoms with Crippen LogP contribution in [0.5, 0.6) is 0 Å². The summed E-state index contributed by atoms with van der Waals surface area (Å²) in [6.07, 6.45) is 5.00. The molecule has 0 bridgehead atoms. The molecule has 4 heteroatoms. The van der Waals surface area contributed by atoms with Gasteiger partial charge in [0.1, 0.15) is 11.2 Å². The number of amidine groups is 1. The first kappa shape index (κ1) is 40.8. The first-order valence-electron chi connectivity index (χ1n) is 24.5. The molecule has 1 aliphatic carbocycles. The van der Waals surface area contributed by atoms with Gasteiger partial charge in [0, 0.05) is 53.9 Å². The Morgan fingerprint density at radius 3 is 2.03 bits per heavy atom. The number of hydrogen-bond donors (Lipinski definition) is 0. The molecule has 70 heavy (non-hydrogen) atoms. The normalized spacial score (nSPS) is 18.4. The molecule has 2 aromatic heterocycles. The van der Waals surface area contributed by atoms with Gasteiger partial charge in [-0.15, -0.1) is 11.3 Å². The minimum absolute atomic E-state index is 0.0425. The quantitative estimate of drug-likeness (QED) is 0.169. The Balaban J connectivity index is 0.990. The van der Waals surface area contributed by atoms with E-state index in [-0.39, 0.29) is 11.8 Å². The molecule has 0 fully saturated rings. The summed E-state index contributed by atoms with van der Waals surface area (Å²) >= 11 is 1.83. The van der Waals surface area contributed by atoms with Gasteiger partial charge in [-0.05, 0) is 134 Å². The summed E-state index contributed by atoms with van der Waals surface area (Å²) < 4.78 is 9.48. The molecular weight excluding hydrogens is 869 g/mol. The number of nitrogens with zero attached hydrogens (tertiary/aromatic N) is 2. The van der Waals surface area contributed by atoms with Crippen molar-refractivity contribution in [2.75, 3.05) is 0 Å². The van der Waals surface area contributed by atoms with Gasteiger partial charge in [0.05, 0.1) is 11.4 Å². The van der Waals surface area contributed by atoms with Crippen LogP contribution in [0.25, 0.3) is 91.6 Å². The van der Waals surface area contributed by atoms with Crippen LogP contribution in [0.1, 0.15) is 59.1 Å². The third-order valence-corrected chi connectivity index (χ3v) is 16.1. The molecular formula is C66H46N2OS. The molecule has 12 aromatic rings. The lowest BCUT2D eigenvalue weighted by Gasteiger charge is -2.24. The van der Waals surface area contributed by atoms with Crippen LogP contribution in [0, 0.1) is 5.92 Å². The number of allylic oxidation sites excluding steroid dienone is 1. The van der Waals surface area contributed by atoms with Crippen LogP contribution in [-0.2, 0) is 6.42 Å². The number of rotatable bonds is 5. The van der Waals surface area contributed by atoms with Crippen molar-refractivity contribution >= 4 is 92.2 Å². The maximum atomic E-state index is 6.94. The monoisotopic (exact) mass is 914 g/mol. The lowest BCUT2D eigenvalue weighted by Crippen LogP contribution is -2.18. The van der Waals surface area contributed by atoms with E-state index in [4.69, 9.17) is 14.4 Å². The van der Waals surface area contributed by atoms with E-state index in [1.807, 2.05) is 11.3 Å². The molecule has 332 valence electrons. The molecule has 10 aromatic carbocycles. The molecule has 0 radical (unpaired) electrons. The zero-order chi connectivity index (χ0) is 46.3. The van der Waals surface area contributed by atoms with Gasteiger partial charge in [-0.2, -0.15) is 0 Å². The summed E-state index contributed by atoms with van der Waals surface area (Å²) in [4.78, 5) is 11.5. The second-order valence-corrected chi connectivity index (χ2v) is 20.2. The Morgan fingerprint density at radius 2 is 1.17 bits per heavy atom. The fourth-order valence-corrected chi connectivity index (χ4v) is 12.6. The average molecular weight is 915 g/mol. The summed E-state index contributed by atoms with van der Waals surface area (Å²) in [5, 5.41) is 9.80. The predicted molar refractivity (Wildman–Crippen MR) is 297 cm³/mol. The summed E-state index contributed by atoms with van der Waals surface area (Å²) in [5.41, 5.74) is 15.9. The van der Waals surface area contributed by atoms with E-state index in [1.54, 1.807) is 0 Å². The molecule has 0 N–H and O–H groups in total. The van der Waals surface area contributed by atoms with Crippen molar-refractivity contribution < 1.29 is 4.42 Å². The third kappa shape index (κ3) is 6.85. The minimum Gasteiger partial charge on any atom is -0.456 e. The highest BCUT2D eigenvalue weighted by atomic mass is 32.1. The Bertz CT molecular complexity index is 4170. The van der Waals surface area contributed by atoms with Crippen LogP contribution in [0.15, 0.2) is 227 Å². The SMILES string of the molecule is CC1C/C=C(c2ccc(-c3ccccc3)cc2)/N=C(c2ccc3sc4ccccc4c3c2)\N=C/1c1cc(C2CCc3cc4ccccc4cc3-c3ccc4ccccc4c32)cc2oc3ccccc3c12. The number of para-hydroxylation sites is 1. The van der Waals surface area contributed by atoms with Gasteiger partial charge in [-0.3, -0.25) is 0 Å². The molecule has 2 aliphatic rings. The average Bonchev–Trinajstić information content (AvgIpc) is 3.93. The summed E-state index contributed by atoms with van der Waals surface area (Å²) in [7, 11) is 0. The lowest BCUT2D eigenvalue weighted by atomic mass is 9.80. The summed E-state index contributed by atoms with van der Waals surface area (Å²) in [6, 6.07) is 75.5. The van der Waals surface area contributed by atoms with E-state index in [0.29, 0.717) is 5.84 Å². The van der Waals surface area contributed by atoms with Crippen LogP contribution in [0.3, 0.4) is 0 Å². The number of thiophene rings is 1. The first-order valence-corrected chi connectivity index (χ1v) is 25.3. The van der Waals surface area contributed by atoms with Crippen LogP contribution in [0.4, 0.5) is 0 Å². The molecule has 2 atom stereocenters. The Hall–Kier alpha value is -8.18. The highest BCUT2D eigenvalue weighted by Gasteiger charge is 2.30. The van der Waals surface area contributed by atoms with Gasteiger partial charge in [0.25, 0.3) is 0 Å². The Labute approximate surface area is 410 Å². The number of fused-ring (bicyclic) bond motifs is 12. The number of benzene rings is 10. The predicted octanol–water partition coefficient (Wildman–Crippen LogP) is 18.0. The number of aliphatic imine (C=N–C) groups is 2. The van der Waals surface area contributed by atoms with Crippen molar-refractivity contribution in [2.45, 2.75) is 32.1 Å². The smallest absolute Gasteiger partial charge is 0.160 e. The summed E-state index contributed by atoms with van der Waals surface area (Å²) in [6.45, 7) is 2.33. The Kier molecular flexibility index (Phi) is 9.63. The molecule has 0 spiro atoms. The number of furan rings is 1.